The zero-order chi connectivity index (χ0) is 76.6. The summed E-state index contributed by atoms with van der Waals surface area (Å²) in [6.45, 7) is 32.4. The summed E-state index contributed by atoms with van der Waals surface area (Å²) in [7, 11) is 11.3. The SMILES string of the molecule is CC[C@@H]1NC(=O)[C@H]([C@H](O)[C@H](C)CCCCCCN)N(C)C(=O)[C@H](C(C)C)N(C)C(=O)[C@H](CC(C)C)N(C)C(=O)[C@H](CC(C)C)N(C)C(=O)[C@@H](C)NC(=O)[C@H](C)NC(=O)[C@H](CC(C)C)N(C)C(=O)[C@H](C(C)C)NC(=O)[C@H](CC(C)C)N(C)C(=O)[C@@H](CSC(C)(C)CCC(=O)OC)N(C)C1=O. The van der Waals surface area contributed by atoms with Crippen LogP contribution in [0.2, 0.25) is 0 Å². The zero-order valence-electron chi connectivity index (χ0n) is 65.2. The first-order valence-electron chi connectivity index (χ1n) is 36.0. The highest BCUT2D eigenvalue weighted by atomic mass is 32.2. The molecule has 99 heavy (non-hydrogen) atoms. The lowest BCUT2D eigenvalue weighted by atomic mass is 9.90. The normalized spacial score (nSPS) is 25.6. The van der Waals surface area contributed by atoms with E-state index in [1.165, 1.54) is 111 Å². The molecule has 0 unspecified atom stereocenters. The van der Waals surface area contributed by atoms with Crippen LogP contribution in [0.5, 0.6) is 0 Å². The Morgan fingerprint density at radius 1 is 0.495 bits per heavy atom. The van der Waals surface area contributed by atoms with Crippen molar-refractivity contribution in [2.75, 3.05) is 68.7 Å². The molecule has 1 aliphatic heterocycles. The molecule has 0 aromatic rings. The number of carbonyl (C=O) groups is 12. The van der Waals surface area contributed by atoms with E-state index < -0.39 is 166 Å². The third-order valence-corrected chi connectivity index (χ3v) is 20.5. The fourth-order valence-electron chi connectivity index (χ4n) is 12.5. The topological polar surface area (TPSA) is 331 Å². The third-order valence-electron chi connectivity index (χ3n) is 19.0. The Morgan fingerprint density at radius 3 is 1.37 bits per heavy atom. The van der Waals surface area contributed by atoms with Crippen LogP contribution in [0.4, 0.5) is 0 Å². The molecule has 11 amide bonds. The number of aliphatic hydroxyl groups excluding tert-OH is 1. The van der Waals surface area contributed by atoms with E-state index in [0.29, 0.717) is 25.8 Å². The summed E-state index contributed by atoms with van der Waals surface area (Å²) in [6, 6.07) is -14.2. The van der Waals surface area contributed by atoms with Gasteiger partial charge in [-0.3, -0.25) is 57.5 Å². The highest BCUT2D eigenvalue weighted by Gasteiger charge is 2.47. The van der Waals surface area contributed by atoms with Gasteiger partial charge in [-0.25, -0.2) is 0 Å². The molecule has 0 radical (unpaired) electrons. The maximum absolute atomic E-state index is 15.6. The Balaban J connectivity index is 4.63. The van der Waals surface area contributed by atoms with E-state index in [4.69, 9.17) is 10.5 Å². The van der Waals surface area contributed by atoms with Crippen molar-refractivity contribution in [3.63, 3.8) is 0 Å². The lowest BCUT2D eigenvalue weighted by Gasteiger charge is -2.42. The molecular formula is C72H132N12O14S. The number of hydrogen-bond acceptors (Lipinski definition) is 16. The van der Waals surface area contributed by atoms with Crippen molar-refractivity contribution < 1.29 is 67.4 Å². The van der Waals surface area contributed by atoms with Crippen molar-refractivity contribution in [2.24, 2.45) is 47.2 Å². The Kier molecular flexibility index (Phi) is 38.9. The van der Waals surface area contributed by atoms with Gasteiger partial charge in [0.2, 0.25) is 65.0 Å². The van der Waals surface area contributed by atoms with Crippen LogP contribution in [0.25, 0.3) is 0 Å². The number of nitrogens with one attached hydrogen (secondary N) is 4. The molecule has 0 aliphatic carbocycles. The van der Waals surface area contributed by atoms with Crippen molar-refractivity contribution in [3.8, 4) is 0 Å². The highest BCUT2D eigenvalue weighted by Crippen LogP contribution is 2.33. The van der Waals surface area contributed by atoms with Gasteiger partial charge in [0.05, 0.1) is 13.2 Å². The molecule has 0 aromatic carbocycles. The van der Waals surface area contributed by atoms with Gasteiger partial charge >= 0.3 is 5.97 Å². The number of aliphatic hydroxyl groups is 1. The molecule has 26 nitrogen and oxygen atoms in total. The van der Waals surface area contributed by atoms with Crippen LogP contribution in [-0.4, -0.2) is 256 Å². The lowest BCUT2D eigenvalue weighted by molar-refractivity contribution is -0.157. The van der Waals surface area contributed by atoms with Crippen molar-refractivity contribution >= 4 is 82.7 Å². The highest BCUT2D eigenvalue weighted by molar-refractivity contribution is 8.00. The monoisotopic (exact) mass is 1420 g/mol. The van der Waals surface area contributed by atoms with Gasteiger partial charge in [0.1, 0.15) is 66.5 Å². The van der Waals surface area contributed by atoms with Crippen LogP contribution in [0.15, 0.2) is 0 Å². The zero-order valence-corrected chi connectivity index (χ0v) is 66.1. The van der Waals surface area contributed by atoms with Crippen molar-refractivity contribution in [1.29, 1.82) is 0 Å². The number of hydrogen-bond donors (Lipinski definition) is 6. The van der Waals surface area contributed by atoms with E-state index in [1.807, 2.05) is 69.2 Å². The predicted octanol–water partition coefficient (Wildman–Crippen LogP) is 5.05. The number of thioether (sulfide) groups is 1. The molecule has 1 heterocycles. The number of methoxy groups -OCH3 is 1. The number of likely N-dealkylation sites (N-methyl/N-ethyl adjacent to an activating group) is 7. The number of esters is 1. The van der Waals surface area contributed by atoms with Crippen LogP contribution in [0, 0.1) is 41.4 Å². The molecule has 13 atom stereocenters. The molecule has 1 fully saturated rings. The van der Waals surface area contributed by atoms with Crippen LogP contribution < -0.4 is 27.0 Å². The molecule has 1 aliphatic rings. The van der Waals surface area contributed by atoms with Gasteiger partial charge in [0.25, 0.3) is 0 Å². The van der Waals surface area contributed by atoms with Gasteiger partial charge in [-0.2, -0.15) is 11.8 Å². The second kappa shape index (κ2) is 42.4. The Bertz CT molecular complexity index is 2680. The minimum Gasteiger partial charge on any atom is -0.469 e. The van der Waals surface area contributed by atoms with E-state index in [-0.39, 0.29) is 67.9 Å². The van der Waals surface area contributed by atoms with Gasteiger partial charge in [0.15, 0.2) is 0 Å². The standard InChI is InChI=1S/C72H132N12O14S/c1-27-50-66(92)82(23)55(40-99-72(17,18)34-33-56(85)98-26)69(95)78(19)52(37-42(4)5)63(89)77-57(45(10)11)70(96)79(20)51(36-41(2)3)62(88)74-48(15)61(87)75-49(16)65(91)80(21)53(38-43(6)7)67(93)81(22)54(39-44(8)9)68(94)83(24)58(46(12)13)71(97)84(25)59(64(90)76-50)60(86)47(14)32-30-28-29-31-35-73/h41-55,57-60,86H,27-40,73H2,1-26H3,(H,74,88)(H,75,87)(H,76,90)(H,77,89)/t47-,48+,49-,50+,51+,52+,53+,54+,55-,57+,58+,59+,60-/m1/s1. The molecule has 570 valence electrons. The van der Waals surface area contributed by atoms with Gasteiger partial charge in [-0.1, -0.05) is 130 Å². The van der Waals surface area contributed by atoms with E-state index >= 15 is 33.6 Å². The van der Waals surface area contributed by atoms with Crippen LogP contribution in [0.1, 0.15) is 202 Å². The minimum atomic E-state index is -1.66. The summed E-state index contributed by atoms with van der Waals surface area (Å²) >= 11 is 1.30. The summed E-state index contributed by atoms with van der Waals surface area (Å²) in [5.74, 6) is -10.7. The number of nitrogens with two attached hydrogens (primary N) is 1. The number of nitrogens with zero attached hydrogens (tertiary/aromatic N) is 7. The number of ether oxygens (including phenoxy) is 1. The van der Waals surface area contributed by atoms with Crippen molar-refractivity contribution in [2.45, 2.75) is 279 Å². The molecule has 0 spiro atoms. The summed E-state index contributed by atoms with van der Waals surface area (Å²) in [6.07, 6.45) is 2.79. The van der Waals surface area contributed by atoms with Gasteiger partial charge in [-0.05, 0) is 113 Å². The summed E-state index contributed by atoms with van der Waals surface area (Å²) in [4.78, 5) is 186. The first-order chi connectivity index (χ1) is 45.8. The van der Waals surface area contributed by atoms with Gasteiger partial charge < -0.3 is 71.1 Å². The number of rotatable bonds is 25. The molecule has 0 saturated carbocycles. The number of carbonyl (C=O) groups excluding carboxylic acids is 12. The Labute approximate surface area is 597 Å². The Morgan fingerprint density at radius 2 is 0.909 bits per heavy atom. The first-order valence-corrected chi connectivity index (χ1v) is 36.9. The van der Waals surface area contributed by atoms with Gasteiger partial charge in [-0.15, -0.1) is 0 Å². The van der Waals surface area contributed by atoms with E-state index in [0.717, 1.165) is 24.2 Å². The molecule has 1 rings (SSSR count). The van der Waals surface area contributed by atoms with Gasteiger partial charge in [0, 0.05) is 66.3 Å². The quantitative estimate of drug-likeness (QED) is 0.0515. The molecule has 1 saturated heterocycles. The maximum atomic E-state index is 15.6. The van der Waals surface area contributed by atoms with E-state index in [9.17, 15) is 29.1 Å². The fourth-order valence-corrected chi connectivity index (χ4v) is 13.7. The summed E-state index contributed by atoms with van der Waals surface area (Å²) in [5.41, 5.74) is 5.79. The average molecular weight is 1420 g/mol. The van der Waals surface area contributed by atoms with Crippen molar-refractivity contribution in [1.82, 2.24) is 55.6 Å². The molecule has 0 bridgehead atoms. The largest absolute Gasteiger partial charge is 0.469 e. The lowest BCUT2D eigenvalue weighted by Crippen LogP contribution is -2.64. The smallest absolute Gasteiger partial charge is 0.305 e. The molecule has 7 N–H and O–H groups in total. The first kappa shape index (κ1) is 90.9. The third kappa shape index (κ3) is 27.3. The van der Waals surface area contributed by atoms with Crippen LogP contribution >= 0.6 is 11.8 Å². The summed E-state index contributed by atoms with van der Waals surface area (Å²) in [5, 5.41) is 23.7. The van der Waals surface area contributed by atoms with Crippen LogP contribution in [0.3, 0.4) is 0 Å². The Hall–Kier alpha value is -6.09. The maximum Gasteiger partial charge on any atom is 0.305 e. The molecular weight excluding hydrogens is 1290 g/mol. The predicted molar refractivity (Wildman–Crippen MR) is 388 cm³/mol. The number of unbranched alkanes of at least 4 members (excludes halogenated alkanes) is 3. The average Bonchev–Trinajstić information content (AvgIpc) is 0.804. The second-order valence-electron chi connectivity index (χ2n) is 30.6. The minimum absolute atomic E-state index is 0.0396. The number of amides is 11. The summed E-state index contributed by atoms with van der Waals surface area (Å²) < 4.78 is 4.24. The molecule has 0 aromatic heterocycles. The molecule has 27 heteroatoms. The fraction of sp³-hybridized carbons (Fsp3) is 0.833. The van der Waals surface area contributed by atoms with Crippen LogP contribution in [-0.2, 0) is 62.3 Å². The van der Waals surface area contributed by atoms with E-state index in [2.05, 4.69) is 21.3 Å². The second-order valence-corrected chi connectivity index (χ2v) is 32.4. The van der Waals surface area contributed by atoms with E-state index in [1.54, 1.807) is 41.5 Å². The van der Waals surface area contributed by atoms with Crippen molar-refractivity contribution in [3.05, 3.63) is 0 Å².